The van der Waals surface area contributed by atoms with Gasteiger partial charge in [0.25, 0.3) is 0 Å². The third-order valence-corrected chi connectivity index (χ3v) is 1.35. The van der Waals surface area contributed by atoms with Gasteiger partial charge in [-0.1, -0.05) is 0 Å². The normalized spacial score (nSPS) is 20.0. The lowest BCUT2D eigenvalue weighted by atomic mass is 10.4. The smallest absolute Gasteiger partial charge is 0.344 e. The molecule has 0 aromatic carbocycles. The van der Waals surface area contributed by atoms with Crippen molar-refractivity contribution in [3.63, 3.8) is 0 Å². The second-order valence-corrected chi connectivity index (χ2v) is 2.05. The highest BCUT2D eigenvalue weighted by atomic mass is 32.2. The summed E-state index contributed by atoms with van der Waals surface area (Å²) in [5.74, 6) is 1.21. The van der Waals surface area contributed by atoms with Crippen molar-refractivity contribution < 1.29 is 0 Å². The van der Waals surface area contributed by atoms with Crippen LogP contribution < -0.4 is 0 Å². The first-order valence-electron chi connectivity index (χ1n) is 1.95. The van der Waals surface area contributed by atoms with E-state index in [1.54, 1.807) is 11.6 Å². The van der Waals surface area contributed by atoms with Crippen molar-refractivity contribution in [1.82, 2.24) is 0 Å². The van der Waals surface area contributed by atoms with E-state index in [4.69, 9.17) is 0 Å². The third kappa shape index (κ3) is 1.05. The van der Waals surface area contributed by atoms with Gasteiger partial charge in [-0.05, 0) is 18.4 Å². The zero-order valence-corrected chi connectivity index (χ0v) is 4.24. The second kappa shape index (κ2) is 2.29. The molecule has 0 fully saturated rings. The van der Waals surface area contributed by atoms with E-state index in [9.17, 15) is 0 Å². The molecule has 0 amide bonds. The van der Waals surface area contributed by atoms with Crippen LogP contribution in [0, 0.1) is 0 Å². The van der Waals surface area contributed by atoms with Crippen molar-refractivity contribution in [2.24, 2.45) is 4.90 Å². The quantitative estimate of drug-likeness (QED) is 0.407. The maximum atomic E-state index is 3.89. The Bertz CT molecular complexity index is 55.8. The fourth-order valence-corrected chi connectivity index (χ4v) is 0.853. The molecule has 1 radical (unpaired) electrons. The molecule has 6 heavy (non-hydrogen) atoms. The monoisotopic (exact) mass is 98.0 g/mol. The number of nitrogens with zero attached hydrogens (tertiary/aromatic N) is 1. The largest absolute Gasteiger partial charge is 0.349 e. The highest BCUT2D eigenvalue weighted by molar-refractivity contribution is 8.22. The van der Waals surface area contributed by atoms with Crippen molar-refractivity contribution in [1.29, 1.82) is 0 Å². The Balaban J connectivity index is 2.26. The van der Waals surface area contributed by atoms with Crippen molar-refractivity contribution in [3.8, 4) is 0 Å². The van der Waals surface area contributed by atoms with Gasteiger partial charge in [-0.2, -0.15) is 11.6 Å². The van der Waals surface area contributed by atoms with Crippen LogP contribution in [0.5, 0.6) is 0 Å². The molecule has 0 spiro atoms. The Hall–Kier alpha value is 0.0849. The van der Waals surface area contributed by atoms with Gasteiger partial charge in [0.2, 0.25) is 0 Å². The van der Waals surface area contributed by atoms with Crippen molar-refractivity contribution in [3.05, 3.63) is 0 Å². The number of rotatable bonds is 0. The van der Waals surface area contributed by atoms with Crippen molar-refractivity contribution in [2.45, 2.75) is 6.42 Å². The van der Waals surface area contributed by atoms with Crippen LogP contribution in [-0.2, 0) is 0 Å². The Labute approximate surface area is 42.4 Å². The molecule has 1 nitrogen and oxygen atoms in total. The topological polar surface area (TPSA) is 12.4 Å². The van der Waals surface area contributed by atoms with E-state index >= 15 is 0 Å². The molecule has 3 heteroatoms. The van der Waals surface area contributed by atoms with Gasteiger partial charge in [0.1, 0.15) is 0 Å². The highest BCUT2D eigenvalue weighted by Crippen LogP contribution is 2.01. The predicted octanol–water partition coefficient (Wildman–Crippen LogP) is 0.728. The molecule has 0 aromatic heterocycles. The summed E-state index contributed by atoms with van der Waals surface area (Å²) in [6, 6.07) is 0. The Kier molecular flexibility index (Phi) is 1.62. The van der Waals surface area contributed by atoms with Crippen LogP contribution in [0.15, 0.2) is 4.90 Å². The lowest BCUT2D eigenvalue weighted by Crippen LogP contribution is -1.92. The summed E-state index contributed by atoms with van der Waals surface area (Å²) >= 11 is 1.77. The minimum atomic E-state index is 1.14. The van der Waals surface area contributed by atoms with Gasteiger partial charge in [-0.3, -0.25) is 0 Å². The van der Waals surface area contributed by atoms with E-state index in [-0.39, 0.29) is 0 Å². The average molecular weight is 98.0 g/mol. The Morgan fingerprint density at radius 2 is 2.83 bits per heavy atom. The SMILES string of the molecule is [B]1N=CCCS1. The van der Waals surface area contributed by atoms with E-state index in [1.165, 1.54) is 5.75 Å². The molecule has 1 heterocycles. The van der Waals surface area contributed by atoms with Gasteiger partial charge < -0.3 is 4.90 Å². The molecular formula is C3H5BNS. The molecule has 1 aliphatic rings. The molecule has 0 N–H and O–H groups in total. The molecule has 1 aliphatic heterocycles. The molecule has 0 saturated heterocycles. The molecule has 0 aromatic rings. The average Bonchev–Trinajstić information content (AvgIpc) is 1.72. The molecule has 0 atom stereocenters. The van der Waals surface area contributed by atoms with Crippen LogP contribution in [0.1, 0.15) is 6.42 Å². The third-order valence-electron chi connectivity index (χ3n) is 0.606. The number of hydrogen-bond donors (Lipinski definition) is 0. The first-order chi connectivity index (χ1) is 3.00. The molecule has 0 unspecified atom stereocenters. The second-order valence-electron chi connectivity index (χ2n) is 1.10. The first kappa shape index (κ1) is 4.25. The molecule has 1 rings (SSSR count). The van der Waals surface area contributed by atoms with E-state index < -0.39 is 0 Å². The minimum Gasteiger partial charge on any atom is -0.344 e. The van der Waals surface area contributed by atoms with Gasteiger partial charge >= 0.3 is 6.69 Å². The first-order valence-corrected chi connectivity index (χ1v) is 3.00. The fourth-order valence-electron chi connectivity index (χ4n) is 0.334. The van der Waals surface area contributed by atoms with Crippen LogP contribution in [0.3, 0.4) is 0 Å². The van der Waals surface area contributed by atoms with Crippen LogP contribution in [-0.4, -0.2) is 18.7 Å². The van der Waals surface area contributed by atoms with Gasteiger partial charge in [-0.15, -0.1) is 0 Å². The van der Waals surface area contributed by atoms with Gasteiger partial charge in [-0.25, -0.2) is 0 Å². The summed E-state index contributed by atoms with van der Waals surface area (Å²) in [6.45, 7) is 1.88. The maximum Gasteiger partial charge on any atom is 0.349 e. The standard InChI is InChI=1S/C3H5BNS/c1-2-5-4-6-3-1/h2H,1,3H2. The van der Waals surface area contributed by atoms with Crippen LogP contribution in [0.4, 0.5) is 0 Å². The summed E-state index contributed by atoms with van der Waals surface area (Å²) in [5, 5.41) is 0. The summed E-state index contributed by atoms with van der Waals surface area (Å²) in [5.41, 5.74) is 0. The van der Waals surface area contributed by atoms with Crippen molar-refractivity contribution >= 4 is 24.5 Å². The zero-order chi connectivity index (χ0) is 4.24. The molecule has 0 aliphatic carbocycles. The van der Waals surface area contributed by atoms with Crippen LogP contribution in [0.2, 0.25) is 0 Å². The molecule has 31 valence electrons. The summed E-state index contributed by atoms with van der Waals surface area (Å²) in [4.78, 5) is 3.89. The van der Waals surface area contributed by atoms with E-state index in [0.717, 1.165) is 6.42 Å². The van der Waals surface area contributed by atoms with E-state index in [0.29, 0.717) is 0 Å². The Morgan fingerprint density at radius 1 is 1.83 bits per heavy atom. The van der Waals surface area contributed by atoms with E-state index in [1.807, 2.05) is 12.9 Å². The Morgan fingerprint density at radius 3 is 3.00 bits per heavy atom. The molecule has 0 bridgehead atoms. The number of hydrogen-bond acceptors (Lipinski definition) is 2. The lowest BCUT2D eigenvalue weighted by Gasteiger charge is -1.95. The van der Waals surface area contributed by atoms with Gasteiger partial charge in [0.05, 0.1) is 0 Å². The minimum absolute atomic E-state index is 1.14. The maximum absolute atomic E-state index is 3.89. The highest BCUT2D eigenvalue weighted by Gasteiger charge is 1.91. The van der Waals surface area contributed by atoms with Crippen molar-refractivity contribution in [2.75, 3.05) is 5.75 Å². The van der Waals surface area contributed by atoms with E-state index in [2.05, 4.69) is 4.90 Å². The van der Waals surface area contributed by atoms with Gasteiger partial charge in [0.15, 0.2) is 0 Å². The summed E-state index contributed by atoms with van der Waals surface area (Å²) < 4.78 is 0. The van der Waals surface area contributed by atoms with Gasteiger partial charge in [0, 0.05) is 0 Å². The fraction of sp³-hybridized carbons (Fsp3) is 0.667. The zero-order valence-electron chi connectivity index (χ0n) is 3.42. The predicted molar refractivity (Wildman–Crippen MR) is 31.3 cm³/mol. The molecule has 0 saturated carbocycles. The molecular weight excluding hydrogens is 92.9 g/mol. The summed E-state index contributed by atoms with van der Waals surface area (Å²) in [7, 11) is 0. The van der Waals surface area contributed by atoms with Crippen LogP contribution in [0.25, 0.3) is 0 Å². The van der Waals surface area contributed by atoms with Crippen LogP contribution >= 0.6 is 11.6 Å². The summed E-state index contributed by atoms with van der Waals surface area (Å²) in [6.07, 6.45) is 3.08. The lowest BCUT2D eigenvalue weighted by molar-refractivity contribution is 1.35.